The van der Waals surface area contributed by atoms with Crippen molar-refractivity contribution in [1.29, 1.82) is 0 Å². The average Bonchev–Trinajstić information content (AvgIpc) is 2.73. The molecule has 2 aromatic carbocycles. The van der Waals surface area contributed by atoms with Gasteiger partial charge in [-0.3, -0.25) is 4.79 Å². The van der Waals surface area contributed by atoms with Gasteiger partial charge in [0.1, 0.15) is 11.8 Å². The number of nitrogens with one attached hydrogen (secondary N) is 1. The molecular weight excluding hydrogens is 344 g/mol. The molecule has 0 radical (unpaired) electrons. The summed E-state index contributed by atoms with van der Waals surface area (Å²) >= 11 is 0. The highest BCUT2D eigenvalue weighted by Gasteiger charge is 2.28. The molecule has 0 bridgehead atoms. The predicted molar refractivity (Wildman–Crippen MR) is 98.8 cm³/mol. The number of rotatable bonds is 5. The Labute approximate surface area is 159 Å². The van der Waals surface area contributed by atoms with Crippen molar-refractivity contribution in [2.24, 2.45) is 0 Å². The van der Waals surface area contributed by atoms with Crippen LogP contribution in [0, 0.1) is 0 Å². The van der Waals surface area contributed by atoms with E-state index in [2.05, 4.69) is 19.1 Å². The third-order valence-electron chi connectivity index (χ3n) is 5.29. The molecule has 1 saturated heterocycles. The smallest absolute Gasteiger partial charge is 0.254 e. The lowest BCUT2D eigenvalue weighted by molar-refractivity contribution is -0.933. The number of carboxylic acid groups (broad SMARTS) is 1. The third-order valence-corrected chi connectivity index (χ3v) is 5.29. The maximum atomic E-state index is 12.6. The van der Waals surface area contributed by atoms with Crippen molar-refractivity contribution in [2.45, 2.75) is 13.0 Å². The van der Waals surface area contributed by atoms with Gasteiger partial charge >= 0.3 is 0 Å². The summed E-state index contributed by atoms with van der Waals surface area (Å²) in [7, 11) is 1.66. The van der Waals surface area contributed by atoms with E-state index in [1.807, 2.05) is 17.0 Å². The van der Waals surface area contributed by atoms with Crippen LogP contribution < -0.4 is 14.7 Å². The van der Waals surface area contributed by atoms with Gasteiger partial charge in [-0.2, -0.15) is 0 Å². The fraction of sp³-hybridized carbons (Fsp3) is 0.333. The summed E-state index contributed by atoms with van der Waals surface area (Å²) in [6.45, 7) is 5.30. The van der Waals surface area contributed by atoms with E-state index in [9.17, 15) is 14.7 Å². The van der Waals surface area contributed by atoms with E-state index < -0.39 is 5.97 Å². The molecule has 1 heterocycles. The standard InChI is InChI=1S/C21H24N2O4/c1-15(16-7-9-19(27-2)10-8-16)22-11-13-23(14-12-22)20(24)17-3-5-18(6-4-17)21(25)26/h3-10,15H,11-14H2,1-2H3,(H,25,26)/t15-/m0/s1. The number of amides is 1. The Balaban J connectivity index is 1.58. The number of aromatic carboxylic acids is 1. The zero-order chi connectivity index (χ0) is 19.4. The number of ether oxygens (including phenoxy) is 1. The minimum Gasteiger partial charge on any atom is -0.545 e. The van der Waals surface area contributed by atoms with Crippen molar-refractivity contribution in [3.8, 4) is 5.75 Å². The van der Waals surface area contributed by atoms with Gasteiger partial charge in [-0.1, -0.05) is 12.1 Å². The molecule has 0 unspecified atom stereocenters. The van der Waals surface area contributed by atoms with E-state index in [0.717, 1.165) is 18.8 Å². The van der Waals surface area contributed by atoms with E-state index in [0.29, 0.717) is 24.7 Å². The molecule has 6 nitrogen and oxygen atoms in total. The summed E-state index contributed by atoms with van der Waals surface area (Å²) in [4.78, 5) is 26.7. The Morgan fingerprint density at radius 2 is 1.56 bits per heavy atom. The first-order valence-electron chi connectivity index (χ1n) is 9.09. The zero-order valence-electron chi connectivity index (χ0n) is 15.6. The number of carbonyl (C=O) groups excluding carboxylic acids is 2. The minimum atomic E-state index is -1.24. The first-order valence-corrected chi connectivity index (χ1v) is 9.09. The van der Waals surface area contributed by atoms with Crippen LogP contribution >= 0.6 is 0 Å². The Morgan fingerprint density at radius 1 is 1.00 bits per heavy atom. The van der Waals surface area contributed by atoms with Gasteiger partial charge in [0.2, 0.25) is 0 Å². The Kier molecular flexibility index (Phi) is 5.76. The first kappa shape index (κ1) is 18.9. The monoisotopic (exact) mass is 368 g/mol. The molecule has 0 saturated carbocycles. The molecule has 1 atom stereocenters. The molecule has 0 aromatic heterocycles. The molecule has 142 valence electrons. The van der Waals surface area contributed by atoms with Gasteiger partial charge < -0.3 is 24.4 Å². The number of carbonyl (C=O) groups is 2. The zero-order valence-corrected chi connectivity index (χ0v) is 15.6. The van der Waals surface area contributed by atoms with E-state index in [1.165, 1.54) is 22.6 Å². The van der Waals surface area contributed by atoms with Gasteiger partial charge in [-0.15, -0.1) is 0 Å². The molecular formula is C21H24N2O4. The molecule has 1 amide bonds. The van der Waals surface area contributed by atoms with Gasteiger partial charge in [0.05, 0.1) is 39.3 Å². The normalized spacial score (nSPS) is 16.0. The average molecular weight is 368 g/mol. The Morgan fingerprint density at radius 3 is 2.07 bits per heavy atom. The second-order valence-corrected chi connectivity index (χ2v) is 6.81. The summed E-state index contributed by atoms with van der Waals surface area (Å²) in [6.07, 6.45) is 0. The van der Waals surface area contributed by atoms with Crippen LogP contribution in [0.4, 0.5) is 0 Å². The predicted octanol–water partition coefficient (Wildman–Crippen LogP) is 0.161. The molecule has 1 N–H and O–H groups in total. The number of benzene rings is 2. The summed E-state index contributed by atoms with van der Waals surface area (Å²) in [5.41, 5.74) is 1.84. The molecule has 6 heteroatoms. The highest BCUT2D eigenvalue weighted by Crippen LogP contribution is 2.16. The van der Waals surface area contributed by atoms with Crippen LogP contribution in [0.2, 0.25) is 0 Å². The topological polar surface area (TPSA) is 74.1 Å². The van der Waals surface area contributed by atoms with Crippen molar-refractivity contribution in [1.82, 2.24) is 4.90 Å². The van der Waals surface area contributed by atoms with E-state index >= 15 is 0 Å². The van der Waals surface area contributed by atoms with Gasteiger partial charge in [0.25, 0.3) is 5.91 Å². The number of nitrogens with zero attached hydrogens (tertiary/aromatic N) is 1. The van der Waals surface area contributed by atoms with Gasteiger partial charge in [0, 0.05) is 11.1 Å². The number of hydrogen-bond donors (Lipinski definition) is 1. The number of methoxy groups -OCH3 is 1. The minimum absolute atomic E-state index is 0.0592. The molecule has 3 rings (SSSR count). The van der Waals surface area contributed by atoms with E-state index in [-0.39, 0.29) is 11.5 Å². The quantitative estimate of drug-likeness (QED) is 0.816. The summed E-state index contributed by atoms with van der Waals surface area (Å²) < 4.78 is 5.21. The lowest BCUT2D eigenvalue weighted by atomic mass is 10.1. The van der Waals surface area contributed by atoms with Crippen LogP contribution in [-0.4, -0.2) is 50.1 Å². The SMILES string of the molecule is COc1ccc([C@H](C)[NH+]2CCN(C(=O)c3ccc(C(=O)[O-])cc3)CC2)cc1. The molecule has 1 aliphatic rings. The fourth-order valence-electron chi connectivity index (χ4n) is 3.49. The van der Waals surface area contributed by atoms with E-state index in [1.54, 1.807) is 19.2 Å². The molecule has 27 heavy (non-hydrogen) atoms. The van der Waals surface area contributed by atoms with Gasteiger partial charge in [0.15, 0.2) is 0 Å². The number of quaternary nitrogens is 1. The summed E-state index contributed by atoms with van der Waals surface area (Å²) in [5, 5.41) is 10.8. The van der Waals surface area contributed by atoms with Crippen molar-refractivity contribution < 1.29 is 24.3 Å². The van der Waals surface area contributed by atoms with Crippen molar-refractivity contribution >= 4 is 11.9 Å². The highest BCUT2D eigenvalue weighted by atomic mass is 16.5. The number of piperazine rings is 1. The summed E-state index contributed by atoms with van der Waals surface area (Å²) in [6, 6.07) is 14.4. The van der Waals surface area contributed by atoms with Crippen molar-refractivity contribution in [2.75, 3.05) is 33.3 Å². The third kappa shape index (κ3) is 4.28. The van der Waals surface area contributed by atoms with Crippen LogP contribution in [0.3, 0.4) is 0 Å². The van der Waals surface area contributed by atoms with Crippen LogP contribution in [-0.2, 0) is 0 Å². The van der Waals surface area contributed by atoms with Crippen LogP contribution in [0.1, 0.15) is 39.2 Å². The number of hydrogen-bond acceptors (Lipinski definition) is 4. The molecule has 0 spiro atoms. The van der Waals surface area contributed by atoms with E-state index in [4.69, 9.17) is 4.74 Å². The lowest BCUT2D eigenvalue weighted by Crippen LogP contribution is -3.14. The van der Waals surface area contributed by atoms with Crippen LogP contribution in [0.25, 0.3) is 0 Å². The van der Waals surface area contributed by atoms with Gasteiger partial charge in [-0.25, -0.2) is 0 Å². The molecule has 1 aliphatic heterocycles. The Bertz CT molecular complexity index is 794. The molecule has 1 fully saturated rings. The second kappa shape index (κ2) is 8.22. The molecule has 2 aromatic rings. The largest absolute Gasteiger partial charge is 0.545 e. The van der Waals surface area contributed by atoms with Gasteiger partial charge in [-0.05, 0) is 48.9 Å². The first-order chi connectivity index (χ1) is 13.0. The van der Waals surface area contributed by atoms with Crippen LogP contribution in [0.15, 0.2) is 48.5 Å². The van der Waals surface area contributed by atoms with Crippen molar-refractivity contribution in [3.63, 3.8) is 0 Å². The molecule has 0 aliphatic carbocycles. The number of carboxylic acids is 1. The fourth-order valence-corrected chi connectivity index (χ4v) is 3.49. The Hall–Kier alpha value is -2.86. The highest BCUT2D eigenvalue weighted by molar-refractivity contribution is 5.95. The van der Waals surface area contributed by atoms with Crippen molar-refractivity contribution in [3.05, 3.63) is 65.2 Å². The lowest BCUT2D eigenvalue weighted by Gasteiger charge is -2.35. The second-order valence-electron chi connectivity index (χ2n) is 6.81. The maximum Gasteiger partial charge on any atom is 0.254 e. The maximum absolute atomic E-state index is 12.6. The van der Waals surface area contributed by atoms with Crippen LogP contribution in [0.5, 0.6) is 5.75 Å². The summed E-state index contributed by atoms with van der Waals surface area (Å²) in [5.74, 6) is -0.448.